The van der Waals surface area contributed by atoms with Gasteiger partial charge in [-0.25, -0.2) is 4.79 Å². The van der Waals surface area contributed by atoms with Crippen molar-refractivity contribution >= 4 is 34.8 Å². The van der Waals surface area contributed by atoms with Crippen molar-refractivity contribution in [2.75, 3.05) is 18.5 Å². The number of nitrogens with one attached hydrogen (secondary N) is 2. The summed E-state index contributed by atoms with van der Waals surface area (Å²) in [7, 11) is 0. The number of esters is 1. The fourth-order valence-corrected chi connectivity index (χ4v) is 2.60. The van der Waals surface area contributed by atoms with Gasteiger partial charge in [0.15, 0.2) is 6.61 Å². The van der Waals surface area contributed by atoms with Gasteiger partial charge in [0.25, 0.3) is 5.91 Å². The Morgan fingerprint density at radius 2 is 1.92 bits per heavy atom. The van der Waals surface area contributed by atoms with E-state index in [4.69, 9.17) is 4.74 Å². The highest BCUT2D eigenvalue weighted by atomic mass is 32.1. The minimum Gasteiger partial charge on any atom is -0.452 e. The van der Waals surface area contributed by atoms with Gasteiger partial charge in [0.2, 0.25) is 5.91 Å². The third-order valence-corrected chi connectivity index (χ3v) is 3.89. The highest BCUT2D eigenvalue weighted by Gasteiger charge is 2.12. The van der Waals surface area contributed by atoms with Crippen LogP contribution in [0, 0.1) is 0 Å². The van der Waals surface area contributed by atoms with Gasteiger partial charge in [0.1, 0.15) is 0 Å². The third-order valence-electron chi connectivity index (χ3n) is 3.21. The lowest BCUT2D eigenvalue weighted by molar-refractivity contribution is -0.126. The van der Waals surface area contributed by atoms with E-state index in [-0.39, 0.29) is 12.5 Å². The van der Waals surface area contributed by atoms with Crippen molar-refractivity contribution in [1.82, 2.24) is 5.32 Å². The van der Waals surface area contributed by atoms with Crippen LogP contribution in [0.2, 0.25) is 0 Å². The largest absolute Gasteiger partial charge is 0.452 e. The first kappa shape index (κ1) is 17.7. The van der Waals surface area contributed by atoms with E-state index in [0.29, 0.717) is 5.56 Å². The molecule has 0 aliphatic heterocycles. The quantitative estimate of drug-likeness (QED) is 0.753. The van der Waals surface area contributed by atoms with E-state index in [1.165, 1.54) is 11.3 Å². The summed E-state index contributed by atoms with van der Waals surface area (Å²) >= 11 is 1.37. The SMILES string of the molecule is CCc1ccccc1NC(=O)CNC(=O)COC(=O)c1ccsc1. The molecule has 2 amide bonds. The zero-order valence-electron chi connectivity index (χ0n) is 13.2. The van der Waals surface area contributed by atoms with Gasteiger partial charge in [0.05, 0.1) is 12.1 Å². The van der Waals surface area contributed by atoms with Crippen molar-refractivity contribution in [2.24, 2.45) is 0 Å². The Hall–Kier alpha value is -2.67. The second kappa shape index (κ2) is 8.83. The van der Waals surface area contributed by atoms with E-state index >= 15 is 0 Å². The van der Waals surface area contributed by atoms with Crippen molar-refractivity contribution in [3.8, 4) is 0 Å². The lowest BCUT2D eigenvalue weighted by Crippen LogP contribution is -2.35. The number of carbonyl (C=O) groups is 3. The van der Waals surface area contributed by atoms with Gasteiger partial charge in [-0.3, -0.25) is 9.59 Å². The summed E-state index contributed by atoms with van der Waals surface area (Å²) in [5.74, 6) is -1.43. The molecule has 0 radical (unpaired) electrons. The predicted octanol–water partition coefficient (Wildman–Crippen LogP) is 2.22. The van der Waals surface area contributed by atoms with Crippen molar-refractivity contribution in [3.05, 3.63) is 52.2 Å². The summed E-state index contributed by atoms with van der Waals surface area (Å²) in [6.07, 6.45) is 0.793. The van der Waals surface area contributed by atoms with Crippen LogP contribution in [-0.2, 0) is 20.7 Å². The van der Waals surface area contributed by atoms with Crippen LogP contribution in [0.1, 0.15) is 22.8 Å². The number of rotatable bonds is 7. The fraction of sp³-hybridized carbons (Fsp3) is 0.235. The fourth-order valence-electron chi connectivity index (χ4n) is 1.97. The first-order valence-electron chi connectivity index (χ1n) is 7.44. The van der Waals surface area contributed by atoms with Gasteiger partial charge in [-0.05, 0) is 29.5 Å². The highest BCUT2D eigenvalue weighted by Crippen LogP contribution is 2.14. The molecule has 6 nitrogen and oxygen atoms in total. The summed E-state index contributed by atoms with van der Waals surface area (Å²) in [6, 6.07) is 9.08. The first-order valence-corrected chi connectivity index (χ1v) is 8.38. The molecule has 2 aromatic rings. The number of hydrogen-bond acceptors (Lipinski definition) is 5. The molecule has 0 fully saturated rings. The van der Waals surface area contributed by atoms with E-state index in [0.717, 1.165) is 17.7 Å². The topological polar surface area (TPSA) is 84.5 Å². The first-order chi connectivity index (χ1) is 11.6. The van der Waals surface area contributed by atoms with Crippen LogP contribution in [0.4, 0.5) is 5.69 Å². The minimum atomic E-state index is -0.562. The Bertz CT molecular complexity index is 713. The Kier molecular flexibility index (Phi) is 6.51. The summed E-state index contributed by atoms with van der Waals surface area (Å²) in [4.78, 5) is 35.1. The van der Waals surface area contributed by atoms with Gasteiger partial charge in [-0.2, -0.15) is 11.3 Å². The standard InChI is InChI=1S/C17H18N2O4S/c1-2-12-5-3-4-6-14(12)19-15(20)9-18-16(21)10-23-17(22)13-7-8-24-11-13/h3-8,11H,2,9-10H2,1H3,(H,18,21)(H,19,20). The molecule has 0 aliphatic carbocycles. The number of carbonyl (C=O) groups excluding carboxylic acids is 3. The van der Waals surface area contributed by atoms with Crippen LogP contribution < -0.4 is 10.6 Å². The number of amides is 2. The Morgan fingerprint density at radius 1 is 1.12 bits per heavy atom. The molecule has 7 heteroatoms. The maximum absolute atomic E-state index is 11.9. The molecular formula is C17H18N2O4S. The zero-order chi connectivity index (χ0) is 17.4. The van der Waals surface area contributed by atoms with Gasteiger partial charge >= 0.3 is 5.97 Å². The van der Waals surface area contributed by atoms with Crippen molar-refractivity contribution < 1.29 is 19.1 Å². The number of thiophene rings is 1. The lowest BCUT2D eigenvalue weighted by atomic mass is 10.1. The molecule has 126 valence electrons. The van der Waals surface area contributed by atoms with E-state index in [9.17, 15) is 14.4 Å². The maximum atomic E-state index is 11.9. The van der Waals surface area contributed by atoms with Gasteiger partial charge in [-0.1, -0.05) is 25.1 Å². The van der Waals surface area contributed by atoms with Crippen LogP contribution in [0.5, 0.6) is 0 Å². The van der Waals surface area contributed by atoms with Crippen molar-refractivity contribution in [3.63, 3.8) is 0 Å². The van der Waals surface area contributed by atoms with Gasteiger partial charge in [-0.15, -0.1) is 0 Å². The number of hydrogen-bond donors (Lipinski definition) is 2. The van der Waals surface area contributed by atoms with Crippen LogP contribution in [0.25, 0.3) is 0 Å². The van der Waals surface area contributed by atoms with Crippen molar-refractivity contribution in [1.29, 1.82) is 0 Å². The number of benzene rings is 1. The molecule has 0 spiro atoms. The molecule has 2 N–H and O–H groups in total. The van der Waals surface area contributed by atoms with Gasteiger partial charge < -0.3 is 15.4 Å². The van der Waals surface area contributed by atoms with Crippen LogP contribution in [-0.4, -0.2) is 30.9 Å². The molecule has 0 atom stereocenters. The number of anilines is 1. The molecule has 1 aromatic heterocycles. The third kappa shape index (κ3) is 5.20. The molecule has 0 bridgehead atoms. The Morgan fingerprint density at radius 3 is 2.62 bits per heavy atom. The lowest BCUT2D eigenvalue weighted by Gasteiger charge is -2.10. The molecular weight excluding hydrogens is 328 g/mol. The van der Waals surface area contributed by atoms with E-state index in [1.807, 2.05) is 25.1 Å². The van der Waals surface area contributed by atoms with E-state index in [2.05, 4.69) is 10.6 Å². The average molecular weight is 346 g/mol. The van der Waals surface area contributed by atoms with E-state index < -0.39 is 18.5 Å². The molecule has 1 heterocycles. The molecule has 2 rings (SSSR count). The smallest absolute Gasteiger partial charge is 0.339 e. The molecule has 1 aromatic carbocycles. The molecule has 0 aliphatic rings. The summed E-state index contributed by atoms with van der Waals surface area (Å²) in [5, 5.41) is 8.54. The number of ether oxygens (including phenoxy) is 1. The number of aryl methyl sites for hydroxylation is 1. The van der Waals surface area contributed by atoms with Crippen molar-refractivity contribution in [2.45, 2.75) is 13.3 Å². The monoisotopic (exact) mass is 346 g/mol. The average Bonchev–Trinajstić information content (AvgIpc) is 3.13. The van der Waals surface area contributed by atoms with Crippen LogP contribution >= 0.6 is 11.3 Å². The summed E-state index contributed by atoms with van der Waals surface area (Å²) in [5.41, 5.74) is 2.15. The molecule has 0 saturated heterocycles. The summed E-state index contributed by atoms with van der Waals surface area (Å²) < 4.78 is 4.86. The summed E-state index contributed by atoms with van der Waals surface area (Å²) in [6.45, 7) is 1.38. The van der Waals surface area contributed by atoms with Crippen LogP contribution in [0.3, 0.4) is 0 Å². The van der Waals surface area contributed by atoms with Crippen LogP contribution in [0.15, 0.2) is 41.1 Å². The Balaban J connectivity index is 1.73. The predicted molar refractivity (Wildman–Crippen MR) is 92.1 cm³/mol. The second-order valence-corrected chi connectivity index (χ2v) is 5.70. The van der Waals surface area contributed by atoms with Gasteiger partial charge in [0, 0.05) is 11.1 Å². The molecule has 0 unspecified atom stereocenters. The molecule has 24 heavy (non-hydrogen) atoms. The number of para-hydroxylation sites is 1. The molecule has 0 saturated carbocycles. The zero-order valence-corrected chi connectivity index (χ0v) is 14.0. The minimum absolute atomic E-state index is 0.188. The second-order valence-electron chi connectivity index (χ2n) is 4.92. The normalized spacial score (nSPS) is 10.0. The van der Waals surface area contributed by atoms with E-state index in [1.54, 1.807) is 22.9 Å². The maximum Gasteiger partial charge on any atom is 0.339 e. The Labute approximate surface area is 143 Å². The highest BCUT2D eigenvalue weighted by molar-refractivity contribution is 7.08.